The Bertz CT molecular complexity index is 1140. The van der Waals surface area contributed by atoms with Crippen LogP contribution in [-0.2, 0) is 20.0 Å². The molecule has 0 saturated carbocycles. The molecular weight excluding hydrogens is 408 g/mol. The summed E-state index contributed by atoms with van der Waals surface area (Å²) in [6.07, 6.45) is 4.72. The SMILES string of the molecule is Cc1cccc(C)c1-c1nc2c(c(N3CCCCC3)n1)CN(c1cc(C(C)C)nn1C)CC2. The number of rotatable bonds is 4. The van der Waals surface area contributed by atoms with E-state index < -0.39 is 0 Å². The molecule has 174 valence electrons. The molecule has 0 spiro atoms. The molecular formula is C27H36N6. The molecule has 6 nitrogen and oxygen atoms in total. The highest BCUT2D eigenvalue weighted by Gasteiger charge is 2.28. The Kier molecular flexibility index (Phi) is 5.85. The number of piperidine rings is 1. The standard InChI is InChI=1S/C27H36N6/c1-18(2)23-16-24(31(5)30-23)33-15-12-22-21(17-33)27(32-13-7-6-8-14-32)29-26(28-22)25-19(3)10-9-11-20(25)4/h9-11,16,18H,6-8,12-15,17H2,1-5H3. The number of nitrogens with zero attached hydrogens (tertiary/aromatic N) is 6. The summed E-state index contributed by atoms with van der Waals surface area (Å²) in [5, 5.41) is 4.76. The van der Waals surface area contributed by atoms with Crippen LogP contribution >= 0.6 is 0 Å². The zero-order valence-corrected chi connectivity index (χ0v) is 20.7. The second-order valence-electron chi connectivity index (χ2n) is 9.99. The quantitative estimate of drug-likeness (QED) is 0.556. The number of hydrogen-bond acceptors (Lipinski definition) is 5. The Morgan fingerprint density at radius 1 is 0.909 bits per heavy atom. The van der Waals surface area contributed by atoms with Crippen molar-refractivity contribution >= 4 is 11.6 Å². The molecule has 0 unspecified atom stereocenters. The van der Waals surface area contributed by atoms with Crippen molar-refractivity contribution < 1.29 is 0 Å². The zero-order chi connectivity index (χ0) is 23.1. The molecule has 1 fully saturated rings. The van der Waals surface area contributed by atoms with Crippen LogP contribution in [0.25, 0.3) is 11.4 Å². The number of anilines is 2. The third-order valence-corrected chi connectivity index (χ3v) is 7.19. The predicted molar refractivity (Wildman–Crippen MR) is 135 cm³/mol. The van der Waals surface area contributed by atoms with Crippen LogP contribution in [0.1, 0.15) is 67.1 Å². The highest BCUT2D eigenvalue weighted by molar-refractivity contribution is 5.68. The van der Waals surface area contributed by atoms with E-state index in [2.05, 4.69) is 68.8 Å². The first-order chi connectivity index (χ1) is 15.9. The largest absolute Gasteiger partial charge is 0.356 e. The molecule has 33 heavy (non-hydrogen) atoms. The van der Waals surface area contributed by atoms with Gasteiger partial charge in [0.25, 0.3) is 0 Å². The van der Waals surface area contributed by atoms with E-state index in [1.54, 1.807) is 0 Å². The van der Waals surface area contributed by atoms with Gasteiger partial charge in [0.05, 0.1) is 11.4 Å². The summed E-state index contributed by atoms with van der Waals surface area (Å²) in [5.41, 5.74) is 7.34. The van der Waals surface area contributed by atoms with E-state index in [1.165, 1.54) is 53.0 Å². The Morgan fingerprint density at radius 2 is 1.64 bits per heavy atom. The van der Waals surface area contributed by atoms with Crippen LogP contribution in [-0.4, -0.2) is 39.4 Å². The molecule has 0 atom stereocenters. The monoisotopic (exact) mass is 444 g/mol. The van der Waals surface area contributed by atoms with Gasteiger partial charge in [-0.05, 0) is 50.2 Å². The Morgan fingerprint density at radius 3 is 2.30 bits per heavy atom. The van der Waals surface area contributed by atoms with Crippen molar-refractivity contribution in [3.63, 3.8) is 0 Å². The smallest absolute Gasteiger partial charge is 0.162 e. The Hall–Kier alpha value is -2.89. The molecule has 0 aliphatic carbocycles. The molecule has 0 bridgehead atoms. The first-order valence-electron chi connectivity index (χ1n) is 12.4. The van der Waals surface area contributed by atoms with Crippen molar-refractivity contribution in [2.24, 2.45) is 7.05 Å². The van der Waals surface area contributed by atoms with Gasteiger partial charge >= 0.3 is 0 Å². The van der Waals surface area contributed by atoms with Gasteiger partial charge in [-0.15, -0.1) is 0 Å². The van der Waals surface area contributed by atoms with Crippen molar-refractivity contribution in [2.75, 3.05) is 29.4 Å². The Labute approximate surface area is 197 Å². The van der Waals surface area contributed by atoms with Gasteiger partial charge < -0.3 is 9.80 Å². The lowest BCUT2D eigenvalue weighted by atomic mass is 10.00. The fourth-order valence-corrected chi connectivity index (χ4v) is 5.30. The molecule has 0 N–H and O–H groups in total. The summed E-state index contributed by atoms with van der Waals surface area (Å²) in [7, 11) is 2.06. The molecule has 0 radical (unpaired) electrons. The molecule has 6 heteroatoms. The van der Waals surface area contributed by atoms with Crippen LogP contribution in [0.5, 0.6) is 0 Å². The molecule has 3 aromatic rings. The van der Waals surface area contributed by atoms with Gasteiger partial charge in [0.1, 0.15) is 11.6 Å². The van der Waals surface area contributed by atoms with Gasteiger partial charge in [0.2, 0.25) is 0 Å². The lowest BCUT2D eigenvalue weighted by Gasteiger charge is -2.35. The minimum absolute atomic E-state index is 0.425. The van der Waals surface area contributed by atoms with E-state index >= 15 is 0 Å². The lowest BCUT2D eigenvalue weighted by molar-refractivity contribution is 0.567. The molecule has 1 aromatic carbocycles. The van der Waals surface area contributed by atoms with E-state index in [0.717, 1.165) is 49.9 Å². The van der Waals surface area contributed by atoms with E-state index in [9.17, 15) is 0 Å². The summed E-state index contributed by atoms with van der Waals surface area (Å²) in [6.45, 7) is 12.7. The van der Waals surface area contributed by atoms with Gasteiger partial charge in [-0.2, -0.15) is 5.10 Å². The summed E-state index contributed by atoms with van der Waals surface area (Å²) < 4.78 is 2.03. The van der Waals surface area contributed by atoms with Crippen LogP contribution in [0.2, 0.25) is 0 Å². The average molecular weight is 445 g/mol. The summed E-state index contributed by atoms with van der Waals surface area (Å²) in [4.78, 5) is 15.4. The number of hydrogen-bond donors (Lipinski definition) is 0. The lowest BCUT2D eigenvalue weighted by Crippen LogP contribution is -2.37. The van der Waals surface area contributed by atoms with Crippen LogP contribution in [0.4, 0.5) is 11.6 Å². The van der Waals surface area contributed by atoms with E-state index in [0.29, 0.717) is 5.92 Å². The Balaban J connectivity index is 1.58. The van der Waals surface area contributed by atoms with Gasteiger partial charge in [-0.1, -0.05) is 32.0 Å². The first kappa shape index (κ1) is 21.9. The van der Waals surface area contributed by atoms with Gasteiger partial charge in [-0.25, -0.2) is 9.97 Å². The number of fused-ring (bicyclic) bond motifs is 1. The minimum Gasteiger partial charge on any atom is -0.356 e. The molecule has 4 heterocycles. The third-order valence-electron chi connectivity index (χ3n) is 7.19. The molecule has 2 aliphatic heterocycles. The molecule has 0 amide bonds. The second kappa shape index (κ2) is 8.81. The van der Waals surface area contributed by atoms with Gasteiger partial charge in [0.15, 0.2) is 5.82 Å². The topological polar surface area (TPSA) is 50.1 Å². The van der Waals surface area contributed by atoms with Gasteiger partial charge in [-0.3, -0.25) is 4.68 Å². The fourth-order valence-electron chi connectivity index (χ4n) is 5.30. The maximum atomic E-state index is 5.25. The minimum atomic E-state index is 0.425. The van der Waals surface area contributed by atoms with Crippen molar-refractivity contribution in [2.45, 2.75) is 65.8 Å². The normalized spacial score (nSPS) is 16.4. The van der Waals surface area contributed by atoms with E-state index in [1.807, 2.05) is 4.68 Å². The second-order valence-corrected chi connectivity index (χ2v) is 9.99. The molecule has 2 aliphatic rings. The maximum Gasteiger partial charge on any atom is 0.162 e. The highest BCUT2D eigenvalue weighted by atomic mass is 15.4. The van der Waals surface area contributed by atoms with Gasteiger partial charge in [0, 0.05) is 56.8 Å². The van der Waals surface area contributed by atoms with Crippen LogP contribution in [0.3, 0.4) is 0 Å². The van der Waals surface area contributed by atoms with Crippen molar-refractivity contribution in [1.29, 1.82) is 0 Å². The summed E-state index contributed by atoms with van der Waals surface area (Å²) in [6, 6.07) is 8.71. The van der Waals surface area contributed by atoms with Crippen LogP contribution in [0, 0.1) is 13.8 Å². The van der Waals surface area contributed by atoms with Crippen molar-refractivity contribution in [3.8, 4) is 11.4 Å². The zero-order valence-electron chi connectivity index (χ0n) is 20.7. The third kappa shape index (κ3) is 4.11. The van der Waals surface area contributed by atoms with Crippen LogP contribution < -0.4 is 9.80 Å². The molecule has 2 aromatic heterocycles. The van der Waals surface area contributed by atoms with E-state index in [-0.39, 0.29) is 0 Å². The summed E-state index contributed by atoms with van der Waals surface area (Å²) in [5.74, 6) is 3.65. The molecule has 5 rings (SSSR count). The van der Waals surface area contributed by atoms with Crippen LogP contribution in [0.15, 0.2) is 24.3 Å². The fraction of sp³-hybridized carbons (Fsp3) is 0.519. The summed E-state index contributed by atoms with van der Waals surface area (Å²) >= 11 is 0. The molecule has 1 saturated heterocycles. The van der Waals surface area contributed by atoms with Crippen molar-refractivity contribution in [1.82, 2.24) is 19.7 Å². The predicted octanol–water partition coefficient (Wildman–Crippen LogP) is 5.17. The number of aromatic nitrogens is 4. The maximum absolute atomic E-state index is 5.25. The average Bonchev–Trinajstić information content (AvgIpc) is 3.21. The van der Waals surface area contributed by atoms with E-state index in [4.69, 9.17) is 15.1 Å². The highest BCUT2D eigenvalue weighted by Crippen LogP contribution is 2.35. The number of benzene rings is 1. The van der Waals surface area contributed by atoms with Crippen molar-refractivity contribution in [3.05, 3.63) is 52.3 Å². The first-order valence-corrected chi connectivity index (χ1v) is 12.4. The number of aryl methyl sites for hydroxylation is 3.